The van der Waals surface area contributed by atoms with Gasteiger partial charge in [0, 0.05) is 5.41 Å². The zero-order valence-electron chi connectivity index (χ0n) is 6.88. The van der Waals surface area contributed by atoms with Crippen molar-refractivity contribution in [1.82, 2.24) is 15.1 Å². The van der Waals surface area contributed by atoms with E-state index in [2.05, 4.69) is 10.3 Å². The SMILES string of the molecule is CC(C)(C)c1n[nH]n(N)c1=O. The van der Waals surface area contributed by atoms with E-state index in [1.54, 1.807) is 0 Å². The van der Waals surface area contributed by atoms with Crippen LogP contribution in [0.3, 0.4) is 0 Å². The van der Waals surface area contributed by atoms with Crippen LogP contribution in [-0.4, -0.2) is 15.1 Å². The van der Waals surface area contributed by atoms with Gasteiger partial charge in [0.25, 0.3) is 0 Å². The molecule has 0 aliphatic heterocycles. The van der Waals surface area contributed by atoms with Crippen molar-refractivity contribution in [2.45, 2.75) is 26.2 Å². The lowest BCUT2D eigenvalue weighted by Crippen LogP contribution is -2.30. The number of hydrogen-bond donors (Lipinski definition) is 2. The first-order valence-corrected chi connectivity index (χ1v) is 3.36. The summed E-state index contributed by atoms with van der Waals surface area (Å²) in [7, 11) is 0. The molecule has 1 heterocycles. The summed E-state index contributed by atoms with van der Waals surface area (Å²) >= 11 is 0. The Morgan fingerprint density at radius 3 is 2.27 bits per heavy atom. The average Bonchev–Trinajstić information content (AvgIpc) is 2.11. The fraction of sp³-hybridized carbons (Fsp3) is 0.667. The largest absolute Gasteiger partial charge is 0.320 e. The molecule has 0 spiro atoms. The van der Waals surface area contributed by atoms with Gasteiger partial charge in [-0.15, -0.1) is 4.79 Å². The second-order valence-corrected chi connectivity index (χ2v) is 3.49. The van der Waals surface area contributed by atoms with E-state index in [-0.39, 0.29) is 11.0 Å². The van der Waals surface area contributed by atoms with Crippen LogP contribution in [0.5, 0.6) is 0 Å². The predicted molar refractivity (Wildman–Crippen MR) is 41.7 cm³/mol. The number of nitrogens with one attached hydrogen (secondary N) is 1. The molecule has 3 N–H and O–H groups in total. The van der Waals surface area contributed by atoms with E-state index >= 15 is 0 Å². The molecule has 0 aromatic carbocycles. The highest BCUT2D eigenvalue weighted by Crippen LogP contribution is 2.14. The second-order valence-electron chi connectivity index (χ2n) is 3.49. The molecule has 5 heteroatoms. The summed E-state index contributed by atoms with van der Waals surface area (Å²) in [6, 6.07) is 0. The molecule has 0 atom stereocenters. The molecule has 1 aromatic heterocycles. The van der Waals surface area contributed by atoms with Crippen LogP contribution in [0.25, 0.3) is 0 Å². The lowest BCUT2D eigenvalue weighted by Gasteiger charge is -2.11. The molecule has 5 nitrogen and oxygen atoms in total. The zero-order chi connectivity index (χ0) is 8.65. The third-order valence-electron chi connectivity index (χ3n) is 1.40. The molecule has 0 radical (unpaired) electrons. The van der Waals surface area contributed by atoms with E-state index < -0.39 is 0 Å². The van der Waals surface area contributed by atoms with Crippen LogP contribution in [0.1, 0.15) is 26.5 Å². The van der Waals surface area contributed by atoms with Gasteiger partial charge in [0.05, 0.1) is 0 Å². The third kappa shape index (κ3) is 1.26. The van der Waals surface area contributed by atoms with Crippen molar-refractivity contribution in [1.29, 1.82) is 0 Å². The van der Waals surface area contributed by atoms with Crippen LogP contribution >= 0.6 is 0 Å². The zero-order valence-corrected chi connectivity index (χ0v) is 6.88. The number of nitrogens with zero attached hydrogens (tertiary/aromatic N) is 2. The highest BCUT2D eigenvalue weighted by molar-refractivity contribution is 5.06. The Morgan fingerprint density at radius 1 is 1.55 bits per heavy atom. The maximum absolute atomic E-state index is 11.2. The van der Waals surface area contributed by atoms with Gasteiger partial charge in [-0.2, -0.15) is 10.3 Å². The molecule has 62 valence electrons. The molecule has 0 saturated carbocycles. The van der Waals surface area contributed by atoms with E-state index in [4.69, 9.17) is 5.84 Å². The molecule has 0 fully saturated rings. The minimum atomic E-state index is -0.266. The molecule has 0 aliphatic carbocycles. The monoisotopic (exact) mass is 156 g/mol. The second kappa shape index (κ2) is 2.11. The molecule has 0 unspecified atom stereocenters. The van der Waals surface area contributed by atoms with Crippen LogP contribution in [0, 0.1) is 0 Å². The topological polar surface area (TPSA) is 76.7 Å². The van der Waals surface area contributed by atoms with E-state index in [1.165, 1.54) is 0 Å². The summed E-state index contributed by atoms with van der Waals surface area (Å²) in [5.74, 6) is 5.22. The summed E-state index contributed by atoms with van der Waals surface area (Å²) in [4.78, 5) is 12.0. The van der Waals surface area contributed by atoms with Gasteiger partial charge >= 0.3 is 5.56 Å². The van der Waals surface area contributed by atoms with Crippen molar-refractivity contribution in [3.63, 3.8) is 0 Å². The molecular weight excluding hydrogens is 144 g/mol. The summed E-state index contributed by atoms with van der Waals surface area (Å²) < 4.78 is 0. The van der Waals surface area contributed by atoms with Crippen molar-refractivity contribution in [3.05, 3.63) is 16.0 Å². The quantitative estimate of drug-likeness (QED) is 0.501. The third-order valence-corrected chi connectivity index (χ3v) is 1.40. The molecule has 1 aromatic rings. The number of H-pyrrole nitrogens is 1. The fourth-order valence-corrected chi connectivity index (χ4v) is 0.800. The van der Waals surface area contributed by atoms with Crippen LogP contribution < -0.4 is 11.4 Å². The number of nitrogens with two attached hydrogens (primary N) is 1. The maximum atomic E-state index is 11.2. The Kier molecular flexibility index (Phi) is 1.51. The Morgan fingerprint density at radius 2 is 2.09 bits per heavy atom. The standard InChI is InChI=1S/C6H12N4O/c1-6(2,3)4-5(11)10(7)9-8-4/h9H,7H2,1-3H3. The van der Waals surface area contributed by atoms with Crippen molar-refractivity contribution in [3.8, 4) is 0 Å². The molecular formula is C6H12N4O. The van der Waals surface area contributed by atoms with Gasteiger partial charge in [0.2, 0.25) is 0 Å². The van der Waals surface area contributed by atoms with Crippen molar-refractivity contribution in [2.75, 3.05) is 5.84 Å². The lowest BCUT2D eigenvalue weighted by atomic mass is 9.93. The number of hydrogen-bond acceptors (Lipinski definition) is 3. The normalized spacial score (nSPS) is 11.9. The molecule has 0 saturated heterocycles. The number of aromatic amines is 1. The first kappa shape index (κ1) is 7.84. The lowest BCUT2D eigenvalue weighted by molar-refractivity contribution is 0.562. The van der Waals surface area contributed by atoms with E-state index in [0.717, 1.165) is 4.79 Å². The number of aromatic nitrogens is 3. The minimum Gasteiger partial charge on any atom is -0.320 e. The molecule has 1 rings (SSSR count). The van der Waals surface area contributed by atoms with Gasteiger partial charge in [-0.3, -0.25) is 4.79 Å². The highest BCUT2D eigenvalue weighted by atomic mass is 16.1. The summed E-state index contributed by atoms with van der Waals surface area (Å²) in [5.41, 5.74) is -0.0597. The van der Waals surface area contributed by atoms with Crippen molar-refractivity contribution >= 4 is 0 Å². The maximum Gasteiger partial charge on any atom is 0.309 e. The van der Waals surface area contributed by atoms with Gasteiger partial charge < -0.3 is 5.84 Å². The Balaban J connectivity index is 3.27. The molecule has 0 bridgehead atoms. The summed E-state index contributed by atoms with van der Waals surface area (Å²) in [5, 5.41) is 6.16. The van der Waals surface area contributed by atoms with Crippen LogP contribution in [0.4, 0.5) is 0 Å². The Bertz CT molecular complexity index is 303. The number of rotatable bonds is 0. The van der Waals surface area contributed by atoms with Gasteiger partial charge in [-0.05, 0) is 0 Å². The fourth-order valence-electron chi connectivity index (χ4n) is 0.800. The van der Waals surface area contributed by atoms with Gasteiger partial charge in [-0.25, -0.2) is 0 Å². The van der Waals surface area contributed by atoms with E-state index in [9.17, 15) is 4.79 Å². The van der Waals surface area contributed by atoms with Gasteiger partial charge in [0.1, 0.15) is 5.69 Å². The molecule has 0 aliphatic rings. The van der Waals surface area contributed by atoms with Crippen molar-refractivity contribution < 1.29 is 0 Å². The van der Waals surface area contributed by atoms with E-state index in [1.807, 2.05) is 20.8 Å². The van der Waals surface area contributed by atoms with Gasteiger partial charge in [0.15, 0.2) is 0 Å². The first-order valence-electron chi connectivity index (χ1n) is 3.36. The highest BCUT2D eigenvalue weighted by Gasteiger charge is 2.21. The van der Waals surface area contributed by atoms with Gasteiger partial charge in [-0.1, -0.05) is 20.8 Å². The van der Waals surface area contributed by atoms with Crippen LogP contribution in [0.15, 0.2) is 4.79 Å². The molecule has 11 heavy (non-hydrogen) atoms. The Labute approximate surface area is 64.2 Å². The smallest absolute Gasteiger partial charge is 0.309 e. The predicted octanol–water partition coefficient (Wildman–Crippen LogP) is -0.417. The van der Waals surface area contributed by atoms with Crippen LogP contribution in [0.2, 0.25) is 0 Å². The van der Waals surface area contributed by atoms with Crippen molar-refractivity contribution in [2.24, 2.45) is 0 Å². The molecule has 0 amide bonds. The minimum absolute atomic E-state index is 0.252. The van der Waals surface area contributed by atoms with Crippen LogP contribution in [-0.2, 0) is 5.41 Å². The van der Waals surface area contributed by atoms with E-state index in [0.29, 0.717) is 5.69 Å². The number of nitrogen functional groups attached to an aromatic ring is 1. The Hall–Kier alpha value is -1.26. The first-order chi connectivity index (χ1) is 4.93. The summed E-state index contributed by atoms with van der Waals surface area (Å²) in [6.07, 6.45) is 0. The average molecular weight is 156 g/mol. The summed E-state index contributed by atoms with van der Waals surface area (Å²) in [6.45, 7) is 5.72.